The number of nitrogens with two attached hydrogens (primary N) is 1. The fourth-order valence-electron chi connectivity index (χ4n) is 7.39. The molecule has 1 unspecified atom stereocenters. The molecule has 0 saturated carbocycles. The normalized spacial score (nSPS) is 15.4. The molecule has 0 fully saturated rings. The van der Waals surface area contributed by atoms with Gasteiger partial charge in [-0.1, -0.05) is 198 Å². The number of hydrogen-bond donors (Lipinski definition) is 7. The summed E-state index contributed by atoms with van der Waals surface area (Å²) in [6, 6.07) is -1.22. The molecule has 0 aliphatic heterocycles. The molecule has 0 rings (SSSR count). The van der Waals surface area contributed by atoms with E-state index in [1.54, 1.807) is 18.2 Å². The number of rotatable bonds is 51. The molecule has 0 aliphatic rings. The van der Waals surface area contributed by atoms with E-state index in [1.165, 1.54) is 109 Å². The van der Waals surface area contributed by atoms with Gasteiger partial charge in [-0.25, -0.2) is 9.13 Å². The summed E-state index contributed by atoms with van der Waals surface area (Å²) in [5.41, 5.74) is 6.18. The van der Waals surface area contributed by atoms with Gasteiger partial charge in [-0.15, -0.1) is 11.8 Å². The zero-order valence-electron chi connectivity index (χ0n) is 44.6. The van der Waals surface area contributed by atoms with E-state index in [0.29, 0.717) is 6.42 Å². The number of phosphoric acid groups is 2. The molecule has 6 atom stereocenters. The third-order valence-corrected chi connectivity index (χ3v) is 14.5. The standard InChI is InChI=1S/C53H97NO16P2S/c1-4-5-6-7-8-9-10-20-23-26-29-32-37-50(49(56)36-34-38-51(57)58)73-44-48(54)53(60)66-42-47(43-69-72(64,65)68-41-46(55)40-67-71(61,62)63)70-52(59)39-33-30-27-24-21-18-16-14-12-11-13-15-17-19-22-25-28-31-35-45(2)3/h8-9,20,23,26,29,32,37,45-50,55-56H,4-7,10-19,21-22,24-25,27-28,30-31,33-36,38-44,54H2,1-3H3,(H,57,58)(H,64,65)(H2,61,62,63)/b9-8-,23-20-,29-26+,37-32+/t46-,47+,48-,49-,50+/m0/s1. The molecular weight excluding hydrogens is 1000 g/mol. The fraction of sp³-hybridized carbons (Fsp3) is 0.792. The molecule has 0 radical (unpaired) electrons. The van der Waals surface area contributed by atoms with Crippen LogP contribution in [0.5, 0.6) is 0 Å². The lowest BCUT2D eigenvalue weighted by molar-refractivity contribution is -0.161. The Labute approximate surface area is 442 Å². The van der Waals surface area contributed by atoms with Gasteiger partial charge >= 0.3 is 33.6 Å². The minimum absolute atomic E-state index is 0.0220. The van der Waals surface area contributed by atoms with Crippen molar-refractivity contribution in [2.75, 3.05) is 32.2 Å². The van der Waals surface area contributed by atoms with Crippen molar-refractivity contribution in [2.24, 2.45) is 11.7 Å². The number of ether oxygens (including phenoxy) is 2. The van der Waals surface area contributed by atoms with Gasteiger partial charge in [0.1, 0.15) is 18.8 Å². The Bertz CT molecular complexity index is 1610. The molecule has 17 nitrogen and oxygen atoms in total. The summed E-state index contributed by atoms with van der Waals surface area (Å²) in [5, 5.41) is 29.3. The molecule has 0 bridgehead atoms. The van der Waals surface area contributed by atoms with E-state index in [-0.39, 0.29) is 31.4 Å². The van der Waals surface area contributed by atoms with Crippen LogP contribution in [0, 0.1) is 5.92 Å². The summed E-state index contributed by atoms with van der Waals surface area (Å²) < 4.78 is 48.2. The molecule has 0 aromatic rings. The summed E-state index contributed by atoms with van der Waals surface area (Å²) in [5.74, 6) is -1.76. The smallest absolute Gasteiger partial charge is 0.472 e. The maximum absolute atomic E-state index is 13.1. The SMILES string of the molecule is CCCCC/C=C\C\C=C/C=C/C=C/[C@@H](SC[C@H](N)C(=O)OC[C@H](COP(=O)(O)OC[C@@H](O)COP(=O)(O)O)OC(=O)CCCCCCCCCCCCCCCCCCCCC(C)C)[C@@H](O)CCCC(=O)O. The third kappa shape index (κ3) is 49.2. The second-order valence-corrected chi connectivity index (χ2v) is 23.1. The van der Waals surface area contributed by atoms with Gasteiger partial charge in [0.05, 0.1) is 25.9 Å². The number of esters is 2. The molecule has 0 spiro atoms. The van der Waals surface area contributed by atoms with Crippen LogP contribution in [0.25, 0.3) is 0 Å². The van der Waals surface area contributed by atoms with Gasteiger partial charge in [0.15, 0.2) is 6.10 Å². The molecule has 0 aromatic carbocycles. The van der Waals surface area contributed by atoms with Crippen molar-refractivity contribution in [3.8, 4) is 0 Å². The number of aliphatic hydroxyl groups excluding tert-OH is 2. The first-order chi connectivity index (χ1) is 34.8. The number of carbonyl (C=O) groups is 3. The summed E-state index contributed by atoms with van der Waals surface area (Å²) in [4.78, 5) is 64.9. The number of thioether (sulfide) groups is 1. The number of hydrogen-bond acceptors (Lipinski definition) is 14. The van der Waals surface area contributed by atoms with Crippen LogP contribution in [0.3, 0.4) is 0 Å². The molecule has 73 heavy (non-hydrogen) atoms. The number of unbranched alkanes of at least 4 members (excludes halogenated alkanes) is 20. The minimum atomic E-state index is -4.95. The van der Waals surface area contributed by atoms with Crippen molar-refractivity contribution in [3.63, 3.8) is 0 Å². The number of carboxylic acid groups (broad SMARTS) is 1. The van der Waals surface area contributed by atoms with Crippen molar-refractivity contribution in [2.45, 2.75) is 230 Å². The lowest BCUT2D eigenvalue weighted by Gasteiger charge is -2.22. The Kier molecular flexibility index (Phi) is 45.7. The van der Waals surface area contributed by atoms with Crippen molar-refractivity contribution >= 4 is 45.3 Å². The predicted octanol–water partition coefficient (Wildman–Crippen LogP) is 11.7. The Hall–Kier alpha value is -2.18. The number of carboxylic acids is 1. The minimum Gasteiger partial charge on any atom is -0.481 e. The fourth-order valence-corrected chi connectivity index (χ4v) is 9.67. The maximum atomic E-state index is 13.1. The van der Waals surface area contributed by atoms with Gasteiger partial charge in [0, 0.05) is 23.8 Å². The molecule has 426 valence electrons. The number of aliphatic carboxylic acids is 1. The summed E-state index contributed by atoms with van der Waals surface area (Å²) in [7, 11) is -9.88. The Morgan fingerprint density at radius 2 is 1.16 bits per heavy atom. The van der Waals surface area contributed by atoms with E-state index in [0.717, 1.165) is 56.2 Å². The zero-order valence-corrected chi connectivity index (χ0v) is 47.2. The van der Waals surface area contributed by atoms with Crippen LogP contribution in [0.1, 0.15) is 201 Å². The Morgan fingerprint density at radius 1 is 0.616 bits per heavy atom. The average molecular weight is 1100 g/mol. The molecular formula is C53H97NO16P2S. The van der Waals surface area contributed by atoms with Crippen LogP contribution in [0.4, 0.5) is 0 Å². The monoisotopic (exact) mass is 1100 g/mol. The highest BCUT2D eigenvalue weighted by molar-refractivity contribution is 8.00. The number of carbonyl (C=O) groups excluding carboxylic acids is 2. The average Bonchev–Trinajstić information content (AvgIpc) is 3.33. The summed E-state index contributed by atoms with van der Waals surface area (Å²) in [6.45, 7) is 3.54. The quantitative estimate of drug-likeness (QED) is 0.00980. The highest BCUT2D eigenvalue weighted by Gasteiger charge is 2.29. The van der Waals surface area contributed by atoms with E-state index in [4.69, 9.17) is 39.1 Å². The van der Waals surface area contributed by atoms with Crippen LogP contribution in [-0.4, -0.2) is 110 Å². The first-order valence-electron chi connectivity index (χ1n) is 27.1. The van der Waals surface area contributed by atoms with Gasteiger partial charge in [-0.2, -0.15) is 0 Å². The molecule has 0 amide bonds. The topological polar surface area (TPSA) is 279 Å². The second kappa shape index (κ2) is 47.1. The van der Waals surface area contributed by atoms with Gasteiger partial charge in [-0.3, -0.25) is 28.0 Å². The largest absolute Gasteiger partial charge is 0.481 e. The Morgan fingerprint density at radius 3 is 1.73 bits per heavy atom. The van der Waals surface area contributed by atoms with E-state index in [1.807, 2.05) is 18.2 Å². The first-order valence-corrected chi connectivity index (χ1v) is 31.2. The lowest BCUT2D eigenvalue weighted by atomic mass is 10.0. The number of phosphoric ester groups is 2. The van der Waals surface area contributed by atoms with E-state index in [9.17, 15) is 38.6 Å². The van der Waals surface area contributed by atoms with Gasteiger partial charge in [0.2, 0.25) is 0 Å². The first kappa shape index (κ1) is 70.8. The van der Waals surface area contributed by atoms with Crippen LogP contribution < -0.4 is 5.73 Å². The van der Waals surface area contributed by atoms with Crippen LogP contribution in [0.15, 0.2) is 48.6 Å². The second-order valence-electron chi connectivity index (χ2n) is 19.2. The highest BCUT2D eigenvalue weighted by Crippen LogP contribution is 2.44. The van der Waals surface area contributed by atoms with E-state index in [2.05, 4.69) is 37.4 Å². The van der Waals surface area contributed by atoms with E-state index < -0.39 is 89.6 Å². The van der Waals surface area contributed by atoms with Crippen molar-refractivity contribution in [1.82, 2.24) is 0 Å². The maximum Gasteiger partial charge on any atom is 0.472 e. The van der Waals surface area contributed by atoms with Crippen LogP contribution in [-0.2, 0) is 46.6 Å². The van der Waals surface area contributed by atoms with Gasteiger partial charge in [0.25, 0.3) is 0 Å². The zero-order chi connectivity index (χ0) is 54.4. The van der Waals surface area contributed by atoms with Crippen LogP contribution >= 0.6 is 27.4 Å². The summed E-state index contributed by atoms with van der Waals surface area (Å²) in [6.07, 6.45) is 40.0. The third-order valence-electron chi connectivity index (χ3n) is 11.6. The lowest BCUT2D eigenvalue weighted by Crippen LogP contribution is -2.38. The Balaban J connectivity index is 5.12. The predicted molar refractivity (Wildman–Crippen MR) is 291 cm³/mol. The van der Waals surface area contributed by atoms with Crippen molar-refractivity contribution in [3.05, 3.63) is 48.6 Å². The highest BCUT2D eigenvalue weighted by atomic mass is 32.2. The number of allylic oxidation sites excluding steroid dienone is 7. The van der Waals surface area contributed by atoms with Crippen molar-refractivity contribution < 1.29 is 76.6 Å². The van der Waals surface area contributed by atoms with Gasteiger partial charge < -0.3 is 45.2 Å². The molecule has 0 aromatic heterocycles. The molecule has 20 heteroatoms. The molecule has 0 aliphatic carbocycles. The molecule has 0 heterocycles. The molecule has 8 N–H and O–H groups in total. The summed E-state index contributed by atoms with van der Waals surface area (Å²) >= 11 is 1.16. The molecule has 0 saturated heterocycles. The van der Waals surface area contributed by atoms with Crippen molar-refractivity contribution in [1.29, 1.82) is 0 Å². The van der Waals surface area contributed by atoms with Gasteiger partial charge in [-0.05, 0) is 44.4 Å². The van der Waals surface area contributed by atoms with E-state index >= 15 is 0 Å². The van der Waals surface area contributed by atoms with Crippen LogP contribution in [0.2, 0.25) is 0 Å². The number of aliphatic hydroxyl groups is 2.